The zero-order valence-electron chi connectivity index (χ0n) is 10.9. The van der Waals surface area contributed by atoms with Crippen molar-refractivity contribution in [3.05, 3.63) is 0 Å². The summed E-state index contributed by atoms with van der Waals surface area (Å²) in [5.41, 5.74) is 0. The molecule has 0 amide bonds. The van der Waals surface area contributed by atoms with E-state index in [0.717, 1.165) is 18.3 Å². The van der Waals surface area contributed by atoms with Crippen molar-refractivity contribution in [1.82, 2.24) is 0 Å². The van der Waals surface area contributed by atoms with Crippen molar-refractivity contribution in [3.63, 3.8) is 0 Å². The van der Waals surface area contributed by atoms with Gasteiger partial charge in [-0.15, -0.1) is 0 Å². The molecule has 0 aliphatic heterocycles. The highest BCUT2D eigenvalue weighted by Crippen LogP contribution is 2.38. The zero-order chi connectivity index (χ0) is 12.0. The fraction of sp³-hybridized carbons (Fsp3) is 0.929. The molecule has 0 radical (unpaired) electrons. The van der Waals surface area contributed by atoms with Crippen molar-refractivity contribution in [2.75, 3.05) is 5.75 Å². The molecule has 0 heterocycles. The molecule has 3 atom stereocenters. The van der Waals surface area contributed by atoms with Gasteiger partial charge in [-0.2, -0.15) is 17.0 Å². The molecule has 1 nitrogen and oxygen atoms in total. The smallest absolute Gasteiger partial charge is 0.0667 e. The molecular formula is C14H25NS. The van der Waals surface area contributed by atoms with Gasteiger partial charge in [0.05, 0.1) is 12.0 Å². The highest BCUT2D eigenvalue weighted by Gasteiger charge is 2.29. The Kier molecular flexibility index (Phi) is 6.28. The first-order valence-corrected chi connectivity index (χ1v) is 7.73. The minimum Gasteiger partial charge on any atom is -0.198 e. The third kappa shape index (κ3) is 4.37. The van der Waals surface area contributed by atoms with Crippen LogP contribution >= 0.6 is 11.8 Å². The third-order valence-electron chi connectivity index (χ3n) is 3.67. The number of nitriles is 1. The monoisotopic (exact) mass is 239 g/mol. The molecule has 1 fully saturated rings. The van der Waals surface area contributed by atoms with E-state index in [1.165, 1.54) is 31.4 Å². The Morgan fingerprint density at radius 2 is 2.12 bits per heavy atom. The lowest BCUT2D eigenvalue weighted by atomic mass is 9.81. The van der Waals surface area contributed by atoms with E-state index in [4.69, 9.17) is 5.26 Å². The predicted octanol–water partition coefficient (Wildman–Crippen LogP) is 4.48. The number of hydrogen-bond acceptors (Lipinski definition) is 2. The van der Waals surface area contributed by atoms with Crippen LogP contribution in [-0.4, -0.2) is 11.0 Å². The first-order chi connectivity index (χ1) is 7.67. The largest absolute Gasteiger partial charge is 0.198 e. The summed E-state index contributed by atoms with van der Waals surface area (Å²) in [4.78, 5) is 0. The molecule has 1 aliphatic rings. The molecule has 1 rings (SSSR count). The van der Waals surface area contributed by atoms with Gasteiger partial charge in [-0.3, -0.25) is 0 Å². The molecule has 0 N–H and O–H groups in total. The Bertz CT molecular complexity index is 231. The first kappa shape index (κ1) is 13.9. The van der Waals surface area contributed by atoms with Crippen LogP contribution in [0.2, 0.25) is 0 Å². The average molecular weight is 239 g/mol. The minimum absolute atomic E-state index is 0.319. The van der Waals surface area contributed by atoms with Gasteiger partial charge >= 0.3 is 0 Å². The molecule has 0 saturated heterocycles. The lowest BCUT2D eigenvalue weighted by Crippen LogP contribution is -2.26. The second-order valence-corrected chi connectivity index (χ2v) is 6.76. The maximum Gasteiger partial charge on any atom is 0.0667 e. The summed E-state index contributed by atoms with van der Waals surface area (Å²) in [6, 6.07) is 2.52. The fourth-order valence-electron chi connectivity index (χ4n) is 2.37. The van der Waals surface area contributed by atoms with Crippen molar-refractivity contribution in [1.29, 1.82) is 5.26 Å². The Morgan fingerprint density at radius 3 is 2.69 bits per heavy atom. The Balaban J connectivity index is 2.37. The molecule has 0 bridgehead atoms. The first-order valence-electron chi connectivity index (χ1n) is 6.68. The van der Waals surface area contributed by atoms with Gasteiger partial charge in [0.1, 0.15) is 0 Å². The number of thioether (sulfide) groups is 1. The zero-order valence-corrected chi connectivity index (χ0v) is 11.7. The standard InChI is InChI=1S/C14H25NS/c1-4-12-5-6-13(10-15)14(9-12)16-8-7-11(2)3/h11-14H,4-9H2,1-3H3. The Hall–Kier alpha value is -0.160. The molecule has 1 aliphatic carbocycles. The Morgan fingerprint density at radius 1 is 1.38 bits per heavy atom. The molecule has 0 aromatic heterocycles. The highest BCUT2D eigenvalue weighted by atomic mass is 32.2. The van der Waals surface area contributed by atoms with Crippen LogP contribution in [0.5, 0.6) is 0 Å². The van der Waals surface area contributed by atoms with Gasteiger partial charge in [0.2, 0.25) is 0 Å². The summed E-state index contributed by atoms with van der Waals surface area (Å²) in [6.07, 6.45) is 6.26. The predicted molar refractivity (Wildman–Crippen MR) is 72.4 cm³/mol. The molecule has 1 saturated carbocycles. The molecular weight excluding hydrogens is 214 g/mol. The second kappa shape index (κ2) is 7.22. The van der Waals surface area contributed by atoms with Gasteiger partial charge in [-0.1, -0.05) is 27.2 Å². The Labute approximate surface area is 105 Å². The SMILES string of the molecule is CCC1CCC(C#N)C(SCCC(C)C)C1. The lowest BCUT2D eigenvalue weighted by molar-refractivity contribution is 0.317. The van der Waals surface area contributed by atoms with E-state index >= 15 is 0 Å². The molecule has 3 unspecified atom stereocenters. The van der Waals surface area contributed by atoms with Crippen LogP contribution in [0.25, 0.3) is 0 Å². The average Bonchev–Trinajstić information content (AvgIpc) is 2.28. The van der Waals surface area contributed by atoms with Crippen LogP contribution < -0.4 is 0 Å². The number of rotatable bonds is 5. The van der Waals surface area contributed by atoms with E-state index in [9.17, 15) is 0 Å². The summed E-state index contributed by atoms with van der Waals surface area (Å²) in [5.74, 6) is 3.22. The van der Waals surface area contributed by atoms with Crippen LogP contribution in [0.4, 0.5) is 0 Å². The molecule has 0 aromatic rings. The van der Waals surface area contributed by atoms with Crippen LogP contribution in [-0.2, 0) is 0 Å². The molecule has 0 aromatic carbocycles. The van der Waals surface area contributed by atoms with Gasteiger partial charge in [0.25, 0.3) is 0 Å². The summed E-state index contributed by atoms with van der Waals surface area (Å²) in [5, 5.41) is 9.78. The van der Waals surface area contributed by atoms with Gasteiger partial charge < -0.3 is 0 Å². The van der Waals surface area contributed by atoms with E-state index in [0.29, 0.717) is 11.2 Å². The van der Waals surface area contributed by atoms with Crippen LogP contribution in [0.3, 0.4) is 0 Å². The van der Waals surface area contributed by atoms with Crippen molar-refractivity contribution >= 4 is 11.8 Å². The summed E-state index contributed by atoms with van der Waals surface area (Å²) in [7, 11) is 0. The van der Waals surface area contributed by atoms with Gasteiger partial charge in [0, 0.05) is 5.25 Å². The van der Waals surface area contributed by atoms with Gasteiger partial charge in [-0.25, -0.2) is 0 Å². The van der Waals surface area contributed by atoms with Crippen LogP contribution in [0, 0.1) is 29.1 Å². The third-order valence-corrected chi connectivity index (χ3v) is 5.09. The van der Waals surface area contributed by atoms with Crippen LogP contribution in [0.1, 0.15) is 52.9 Å². The number of hydrogen-bond donors (Lipinski definition) is 0. The lowest BCUT2D eigenvalue weighted by Gasteiger charge is -2.32. The topological polar surface area (TPSA) is 23.8 Å². The molecule has 16 heavy (non-hydrogen) atoms. The fourth-order valence-corrected chi connectivity index (χ4v) is 4.12. The van der Waals surface area contributed by atoms with Crippen molar-refractivity contribution in [2.24, 2.45) is 17.8 Å². The summed E-state index contributed by atoms with van der Waals surface area (Å²) >= 11 is 2.05. The van der Waals surface area contributed by atoms with E-state index < -0.39 is 0 Å². The maximum atomic E-state index is 9.17. The molecule has 92 valence electrons. The second-order valence-electron chi connectivity index (χ2n) is 5.41. The minimum atomic E-state index is 0.319. The normalized spacial score (nSPS) is 30.3. The van der Waals surface area contributed by atoms with Crippen molar-refractivity contribution < 1.29 is 0 Å². The molecule has 0 spiro atoms. The van der Waals surface area contributed by atoms with E-state index in [1.807, 2.05) is 0 Å². The quantitative estimate of drug-likeness (QED) is 0.706. The van der Waals surface area contributed by atoms with Gasteiger partial charge in [0.15, 0.2) is 0 Å². The summed E-state index contributed by atoms with van der Waals surface area (Å²) in [6.45, 7) is 6.84. The maximum absolute atomic E-state index is 9.17. The van der Waals surface area contributed by atoms with Crippen LogP contribution in [0.15, 0.2) is 0 Å². The van der Waals surface area contributed by atoms with Crippen molar-refractivity contribution in [3.8, 4) is 6.07 Å². The van der Waals surface area contributed by atoms with E-state index in [1.54, 1.807) is 0 Å². The highest BCUT2D eigenvalue weighted by molar-refractivity contribution is 7.99. The molecule has 2 heteroatoms. The van der Waals surface area contributed by atoms with E-state index in [-0.39, 0.29) is 0 Å². The summed E-state index contributed by atoms with van der Waals surface area (Å²) < 4.78 is 0. The van der Waals surface area contributed by atoms with Crippen molar-refractivity contribution in [2.45, 2.75) is 58.1 Å². The van der Waals surface area contributed by atoms with Gasteiger partial charge in [-0.05, 0) is 43.3 Å². The van der Waals surface area contributed by atoms with E-state index in [2.05, 4.69) is 38.6 Å². The number of nitrogens with zero attached hydrogens (tertiary/aromatic N) is 1.